The third-order valence-electron chi connectivity index (χ3n) is 6.34. The van der Waals surface area contributed by atoms with Gasteiger partial charge in [-0.25, -0.2) is 4.70 Å². The first-order valence-electron chi connectivity index (χ1n) is 14.3. The van der Waals surface area contributed by atoms with Gasteiger partial charge in [-0.2, -0.15) is 0 Å². The largest absolute Gasteiger partial charge is 0.493 e. The molecular weight excluding hydrogens is 563 g/mol. The first kappa shape index (κ1) is 36.1. The second-order valence-electron chi connectivity index (χ2n) is 9.46. The van der Waals surface area contributed by atoms with Crippen LogP contribution in [0.2, 0.25) is 0 Å². The molecule has 0 saturated carbocycles. The predicted octanol–water partition coefficient (Wildman–Crippen LogP) is 8.75. The van der Waals surface area contributed by atoms with Crippen molar-refractivity contribution in [2.45, 2.75) is 99.3 Å². The van der Waals surface area contributed by atoms with Crippen molar-refractivity contribution in [3.63, 3.8) is 0 Å². The molecule has 2 aromatic carbocycles. The van der Waals surface area contributed by atoms with E-state index in [1.165, 1.54) is 52.7 Å². The van der Waals surface area contributed by atoms with E-state index in [4.69, 9.17) is 10.2 Å². The number of rotatable bonds is 11. The van der Waals surface area contributed by atoms with Gasteiger partial charge in [-0.1, -0.05) is 64.3 Å². The third-order valence-corrected chi connectivity index (χ3v) is 6.34. The van der Waals surface area contributed by atoms with Crippen LogP contribution in [-0.4, -0.2) is 28.1 Å². The third kappa shape index (κ3) is 11.1. The molecule has 1 aliphatic rings. The first-order valence-corrected chi connectivity index (χ1v) is 14.3. The molecule has 1 aliphatic heterocycles. The summed E-state index contributed by atoms with van der Waals surface area (Å²) in [6, 6.07) is 17.5. The summed E-state index contributed by atoms with van der Waals surface area (Å²) in [5, 5.41) is 15.1. The number of aliphatic hydroxyl groups is 2. The molecule has 0 atom stereocenters. The van der Waals surface area contributed by atoms with E-state index in [1.807, 2.05) is 0 Å². The van der Waals surface area contributed by atoms with E-state index in [0.717, 1.165) is 54.6 Å². The average Bonchev–Trinajstić information content (AvgIpc) is 3.15. The smallest absolute Gasteiger partial charge is 0.211 e. The average molecular weight is 613 g/mol. The Hall–Kier alpha value is -1.90. The van der Waals surface area contributed by atoms with Crippen molar-refractivity contribution in [3.8, 4) is 0 Å². The molecule has 0 radical (unpaired) electrons. The van der Waals surface area contributed by atoms with Crippen LogP contribution in [0.1, 0.15) is 109 Å². The number of benzene rings is 2. The molecule has 0 aromatic heterocycles. The summed E-state index contributed by atoms with van der Waals surface area (Å²) in [5.41, 5.74) is 20.8. The van der Waals surface area contributed by atoms with Gasteiger partial charge in [0.15, 0.2) is 0 Å². The minimum absolute atomic E-state index is 0. The Balaban J connectivity index is 0.00000179. The van der Waals surface area contributed by atoms with Crippen molar-refractivity contribution in [2.75, 3.05) is 13.2 Å². The maximum Gasteiger partial charge on any atom is 0.211 e. The zero-order valence-electron chi connectivity index (χ0n) is 24.5. The SMILES string of the molecule is CCCCC1=C(c2cccc(CCCC)c2)[N+](=[N-])C(c2cccc(CCCC)c2)=C1C.CCO.CCO.[Pd]. The Kier molecular flexibility index (Phi) is 19.9. The number of hydrogen-bond donors (Lipinski definition) is 2. The summed E-state index contributed by atoms with van der Waals surface area (Å²) in [6.07, 6.45) is 10.2. The Morgan fingerprint density at radius 1 is 0.658 bits per heavy atom. The van der Waals surface area contributed by atoms with Crippen LogP contribution in [0.3, 0.4) is 0 Å². The van der Waals surface area contributed by atoms with E-state index in [2.05, 4.69) is 76.2 Å². The Bertz CT molecular complexity index is 1030. The zero-order valence-corrected chi connectivity index (χ0v) is 26.1. The van der Waals surface area contributed by atoms with Crippen LogP contribution in [0, 0.1) is 0 Å². The number of aliphatic hydroxyl groups excluding tert-OH is 2. The van der Waals surface area contributed by atoms with Crippen molar-refractivity contribution in [1.82, 2.24) is 0 Å². The fourth-order valence-corrected chi connectivity index (χ4v) is 4.52. The van der Waals surface area contributed by atoms with E-state index < -0.39 is 0 Å². The van der Waals surface area contributed by atoms with Gasteiger partial charge in [0.2, 0.25) is 11.4 Å². The van der Waals surface area contributed by atoms with Crippen LogP contribution in [-0.2, 0) is 33.3 Å². The molecule has 2 aromatic rings. The minimum Gasteiger partial charge on any atom is -0.493 e. The number of unbranched alkanes of at least 4 members (excludes halogenated alkanes) is 3. The van der Waals surface area contributed by atoms with Crippen molar-refractivity contribution in [1.29, 1.82) is 0 Å². The van der Waals surface area contributed by atoms with Crippen molar-refractivity contribution >= 4 is 11.4 Å². The number of aryl methyl sites for hydroxylation is 2. The monoisotopic (exact) mass is 612 g/mol. The molecule has 0 aliphatic carbocycles. The van der Waals surface area contributed by atoms with Gasteiger partial charge in [0.1, 0.15) is 0 Å². The summed E-state index contributed by atoms with van der Waals surface area (Å²) in [4.78, 5) is 0. The zero-order chi connectivity index (χ0) is 27.6. The summed E-state index contributed by atoms with van der Waals surface area (Å²) >= 11 is 0. The maximum atomic E-state index is 11.4. The number of nitrogens with zero attached hydrogens (tertiary/aromatic N) is 2. The molecular formula is C33H50N2O2Pd. The molecule has 0 saturated heterocycles. The quantitative estimate of drug-likeness (QED) is 0.197. The van der Waals surface area contributed by atoms with Crippen LogP contribution in [0.15, 0.2) is 59.7 Å². The van der Waals surface area contributed by atoms with E-state index in [9.17, 15) is 5.53 Å². The molecule has 0 spiro atoms. The fraction of sp³-hybridized carbons (Fsp3) is 0.515. The molecule has 0 amide bonds. The van der Waals surface area contributed by atoms with Gasteiger partial charge in [0, 0.05) is 55.9 Å². The minimum atomic E-state index is 0. The molecule has 0 fully saturated rings. The molecule has 5 heteroatoms. The molecule has 3 rings (SSSR count). The van der Waals surface area contributed by atoms with E-state index >= 15 is 0 Å². The molecule has 38 heavy (non-hydrogen) atoms. The first-order chi connectivity index (χ1) is 17.9. The van der Waals surface area contributed by atoms with Gasteiger partial charge in [0.05, 0.1) is 0 Å². The van der Waals surface area contributed by atoms with Crippen molar-refractivity contribution < 1.29 is 35.3 Å². The summed E-state index contributed by atoms with van der Waals surface area (Å²) in [6.45, 7) is 12.7. The van der Waals surface area contributed by atoms with Crippen molar-refractivity contribution in [2.24, 2.45) is 0 Å². The van der Waals surface area contributed by atoms with Gasteiger partial charge in [-0.15, -0.1) is 0 Å². The molecule has 214 valence electrons. The maximum absolute atomic E-state index is 11.4. The van der Waals surface area contributed by atoms with Crippen LogP contribution in [0.25, 0.3) is 16.9 Å². The van der Waals surface area contributed by atoms with E-state index in [1.54, 1.807) is 13.8 Å². The molecule has 0 bridgehead atoms. The Morgan fingerprint density at radius 2 is 1.05 bits per heavy atom. The molecule has 2 N–H and O–H groups in total. The normalized spacial score (nSPS) is 12.5. The van der Waals surface area contributed by atoms with Crippen molar-refractivity contribution in [3.05, 3.63) is 87.5 Å². The fourth-order valence-electron chi connectivity index (χ4n) is 4.52. The summed E-state index contributed by atoms with van der Waals surface area (Å²) < 4.78 is 1.47. The van der Waals surface area contributed by atoms with E-state index in [-0.39, 0.29) is 33.6 Å². The van der Waals surface area contributed by atoms with Gasteiger partial charge >= 0.3 is 0 Å². The summed E-state index contributed by atoms with van der Waals surface area (Å²) in [5.74, 6) is 0. The second kappa shape index (κ2) is 21.0. The van der Waals surface area contributed by atoms with E-state index in [0.29, 0.717) is 0 Å². The molecule has 1 heterocycles. The topological polar surface area (TPSA) is 65.8 Å². The molecule has 4 nitrogen and oxygen atoms in total. The van der Waals surface area contributed by atoms with Gasteiger partial charge in [-0.3, -0.25) is 0 Å². The van der Waals surface area contributed by atoms with Crippen LogP contribution in [0.4, 0.5) is 0 Å². The second-order valence-corrected chi connectivity index (χ2v) is 9.46. The molecule has 0 unspecified atom stereocenters. The number of hydrogen-bond acceptors (Lipinski definition) is 2. The van der Waals surface area contributed by atoms with Crippen LogP contribution in [0.5, 0.6) is 0 Å². The van der Waals surface area contributed by atoms with Crippen LogP contribution < -0.4 is 0 Å². The Labute approximate surface area is 246 Å². The standard InChI is InChI=1S/C29H38N2.2C2H6O.Pd/c1-5-8-13-23-15-11-17-25(20-23)28-22(4)27(19-10-7-3)29(31(28)30)26-18-12-16-24(21-26)14-9-6-2;2*1-2-3;/h11-12,15-18,20-21H,5-10,13-14,19H2,1-4H3;2*3H,2H2,1H3;. The van der Waals surface area contributed by atoms with Gasteiger partial charge in [0.25, 0.3) is 0 Å². The number of allylic oxidation sites excluding steroid dienone is 2. The van der Waals surface area contributed by atoms with Gasteiger partial charge < -0.3 is 15.7 Å². The predicted molar refractivity (Wildman–Crippen MR) is 158 cm³/mol. The summed E-state index contributed by atoms with van der Waals surface area (Å²) in [7, 11) is 0. The van der Waals surface area contributed by atoms with Crippen LogP contribution >= 0.6 is 0 Å². The Morgan fingerprint density at radius 3 is 1.47 bits per heavy atom. The van der Waals surface area contributed by atoms with Gasteiger partial charge in [-0.05, 0) is 94.7 Å².